The Hall–Kier alpha value is -2.76. The van der Waals surface area contributed by atoms with Gasteiger partial charge in [-0.3, -0.25) is 0 Å². The van der Waals surface area contributed by atoms with Crippen molar-refractivity contribution in [2.75, 3.05) is 13.3 Å². The van der Waals surface area contributed by atoms with Gasteiger partial charge in [0, 0.05) is 6.10 Å². The van der Waals surface area contributed by atoms with Gasteiger partial charge in [0.05, 0.1) is 0 Å². The summed E-state index contributed by atoms with van der Waals surface area (Å²) in [6.45, 7) is 6.23. The van der Waals surface area contributed by atoms with Crippen molar-refractivity contribution in [3.63, 3.8) is 0 Å². The first kappa shape index (κ1) is 37.4. The molecule has 0 saturated heterocycles. The molecule has 2 N–H and O–H groups in total. The fourth-order valence-electron chi connectivity index (χ4n) is 5.55. The zero-order valence-electron chi connectivity index (χ0n) is 26.1. The van der Waals surface area contributed by atoms with Crippen molar-refractivity contribution in [2.24, 2.45) is 0 Å². The van der Waals surface area contributed by atoms with Crippen LogP contribution < -0.4 is 10.6 Å². The van der Waals surface area contributed by atoms with Gasteiger partial charge in [-0.2, -0.15) is 0 Å². The van der Waals surface area contributed by atoms with E-state index in [1.165, 1.54) is 43.3 Å². The van der Waals surface area contributed by atoms with Crippen LogP contribution in [0, 0.1) is 14.9 Å². The van der Waals surface area contributed by atoms with Gasteiger partial charge in [-0.1, -0.05) is 162 Å². The average molecular weight is 704 g/mol. The Balaban J connectivity index is 0.000000302. The summed E-state index contributed by atoms with van der Waals surface area (Å²) in [7, 11) is 1.58. The molecule has 0 aliphatic carbocycles. The molecule has 0 saturated carbocycles. The zero-order chi connectivity index (χ0) is 28.8. The van der Waals surface area contributed by atoms with Gasteiger partial charge in [0.1, 0.15) is 0 Å². The number of fused-ring (bicyclic) bond motifs is 2. The van der Waals surface area contributed by atoms with Crippen molar-refractivity contribution in [3.8, 4) is 11.1 Å². The molecule has 0 amide bonds. The zero-order valence-corrected chi connectivity index (χ0v) is 29.8. The van der Waals surface area contributed by atoms with Crippen molar-refractivity contribution >= 4 is 49.3 Å². The summed E-state index contributed by atoms with van der Waals surface area (Å²) < 4.78 is 0. The van der Waals surface area contributed by atoms with E-state index in [2.05, 4.69) is 86.1 Å². The molecule has 0 aliphatic heterocycles. The third-order valence-electron chi connectivity index (χ3n) is 7.73. The molecule has 5 heteroatoms. The van der Waals surface area contributed by atoms with E-state index in [-0.39, 0.29) is 34.3 Å². The third kappa shape index (κ3) is 7.54. The number of nitrogens with one attached hydrogen (secondary N) is 1. The topological polar surface area (TPSA) is 44.0 Å². The standard InChI is InChI=1S/C22H20P2.C15H16NO.2CH3.Ru/c1-23-19-13-11-15-7-3-5-9-17(15)21(19)22-18-10-6-4-8-16(18)12-14-20(22)24-2;1-12(17)15(16,13-8-4-2-5-9-13)14-10-6-3-7-11-14;;;/h3-14,23-24H,1-2H3;2-12,16-17H,1H3;2*1H3;/q;3*-1;+3. The first-order valence-electron chi connectivity index (χ1n) is 13.9. The predicted molar refractivity (Wildman–Crippen MR) is 197 cm³/mol. The Morgan fingerprint density at radius 3 is 1.23 bits per heavy atom. The summed E-state index contributed by atoms with van der Waals surface area (Å²) in [5.74, 6) is 0. The second-order valence-electron chi connectivity index (χ2n) is 10.1. The van der Waals surface area contributed by atoms with Crippen LogP contribution in [0.25, 0.3) is 38.4 Å². The summed E-state index contributed by atoms with van der Waals surface area (Å²) in [6, 6.07) is 45.7. The molecular weight excluding hydrogens is 661 g/mol. The van der Waals surface area contributed by atoms with E-state index < -0.39 is 11.6 Å². The Morgan fingerprint density at radius 1 is 0.545 bits per heavy atom. The van der Waals surface area contributed by atoms with Gasteiger partial charge in [-0.05, 0) is 69.1 Å². The van der Waals surface area contributed by atoms with Gasteiger partial charge in [0.2, 0.25) is 0 Å². The SMILES string of the molecule is CC(O)C([NH-])(c1ccccc1)c1ccccc1.CPc1ccc2ccccc2c1-c1c(PC)ccc2ccccc12.[CH3-].[CH3-].[Ru+3]. The monoisotopic (exact) mass is 704 g/mol. The van der Waals surface area contributed by atoms with Crippen LogP contribution in [-0.2, 0) is 25.0 Å². The van der Waals surface area contributed by atoms with Gasteiger partial charge < -0.3 is 25.7 Å². The Labute approximate surface area is 280 Å². The van der Waals surface area contributed by atoms with Crippen LogP contribution in [0.5, 0.6) is 0 Å². The number of rotatable bonds is 6. The molecule has 44 heavy (non-hydrogen) atoms. The molecule has 3 unspecified atom stereocenters. The van der Waals surface area contributed by atoms with Crippen molar-refractivity contribution in [1.82, 2.24) is 0 Å². The van der Waals surface area contributed by atoms with Gasteiger partial charge in [0.25, 0.3) is 0 Å². The van der Waals surface area contributed by atoms with Crippen LogP contribution >= 0.6 is 17.2 Å². The maximum Gasteiger partial charge on any atom is 3.00 e. The molecule has 1 radical (unpaired) electrons. The molecule has 6 aromatic rings. The minimum absolute atomic E-state index is 0. The van der Waals surface area contributed by atoms with Crippen LogP contribution in [0.4, 0.5) is 0 Å². The molecule has 0 spiro atoms. The van der Waals surface area contributed by atoms with Crippen LogP contribution in [0.1, 0.15) is 18.1 Å². The summed E-state index contributed by atoms with van der Waals surface area (Å²) >= 11 is 0. The van der Waals surface area contributed by atoms with Crippen LogP contribution in [0.3, 0.4) is 0 Å². The van der Waals surface area contributed by atoms with E-state index in [0.717, 1.165) is 28.3 Å². The van der Waals surface area contributed by atoms with Gasteiger partial charge in [0.15, 0.2) is 0 Å². The fraction of sp³-hybridized carbons (Fsp3) is 0.128. The summed E-state index contributed by atoms with van der Waals surface area (Å²) in [5.41, 5.74) is 12.0. The first-order valence-corrected chi connectivity index (χ1v) is 16.9. The van der Waals surface area contributed by atoms with Crippen molar-refractivity contribution in [3.05, 3.63) is 165 Å². The van der Waals surface area contributed by atoms with Gasteiger partial charge >= 0.3 is 19.5 Å². The minimum Gasteiger partial charge on any atom is -0.662 e. The van der Waals surface area contributed by atoms with Gasteiger partial charge in [-0.25, -0.2) is 0 Å². The number of hydrogen-bond donors (Lipinski definition) is 1. The van der Waals surface area contributed by atoms with Crippen molar-refractivity contribution in [1.29, 1.82) is 0 Å². The molecule has 3 atom stereocenters. The quantitative estimate of drug-likeness (QED) is 0.105. The minimum atomic E-state index is -1.11. The van der Waals surface area contributed by atoms with Crippen LogP contribution in [-0.4, -0.2) is 24.5 Å². The predicted octanol–water partition coefficient (Wildman–Crippen LogP) is 9.79. The maximum absolute atomic E-state index is 9.99. The molecule has 0 heterocycles. The molecule has 0 aromatic heterocycles. The first-order chi connectivity index (χ1) is 20.0. The largest absolute Gasteiger partial charge is 3.00 e. The molecule has 227 valence electrons. The summed E-state index contributed by atoms with van der Waals surface area (Å²) in [6.07, 6.45) is -0.771. The number of benzene rings is 6. The second kappa shape index (κ2) is 17.1. The number of aliphatic hydroxyl groups excluding tert-OH is 1. The van der Waals surface area contributed by atoms with E-state index in [9.17, 15) is 5.11 Å². The molecule has 0 bridgehead atoms. The third-order valence-corrected chi connectivity index (χ3v) is 9.64. The molecule has 6 aromatic carbocycles. The van der Waals surface area contributed by atoms with E-state index in [0.29, 0.717) is 0 Å². The molecule has 0 aliphatic rings. The second-order valence-corrected chi connectivity index (χ2v) is 12.2. The van der Waals surface area contributed by atoms with E-state index in [1.807, 2.05) is 60.7 Å². The van der Waals surface area contributed by atoms with E-state index >= 15 is 0 Å². The normalized spacial score (nSPS) is 11.8. The fourth-order valence-corrected chi connectivity index (χ4v) is 7.07. The molecular formula is C39H42NOP2Ru. The average Bonchev–Trinajstić information content (AvgIpc) is 3.04. The Morgan fingerprint density at radius 2 is 0.886 bits per heavy atom. The van der Waals surface area contributed by atoms with Gasteiger partial charge in [-0.15, -0.1) is 0 Å². The number of aliphatic hydroxyl groups is 1. The van der Waals surface area contributed by atoms with E-state index in [1.54, 1.807) is 6.92 Å². The Kier molecular flexibility index (Phi) is 14.5. The Bertz CT molecular complexity index is 1630. The number of hydrogen-bond acceptors (Lipinski definition) is 1. The van der Waals surface area contributed by atoms with Crippen LogP contribution in [0.15, 0.2) is 133 Å². The molecule has 0 fully saturated rings. The summed E-state index contributed by atoms with van der Waals surface area (Å²) in [4.78, 5) is 0. The smallest absolute Gasteiger partial charge is 0.662 e. The molecule has 2 nitrogen and oxygen atoms in total. The van der Waals surface area contributed by atoms with E-state index in [4.69, 9.17) is 5.73 Å². The van der Waals surface area contributed by atoms with Crippen molar-refractivity contribution < 1.29 is 24.6 Å². The van der Waals surface area contributed by atoms with Crippen LogP contribution in [0.2, 0.25) is 0 Å². The summed E-state index contributed by atoms with van der Waals surface area (Å²) in [5, 5.41) is 18.3. The van der Waals surface area contributed by atoms with Crippen molar-refractivity contribution in [2.45, 2.75) is 18.6 Å². The maximum atomic E-state index is 9.99. The molecule has 6 rings (SSSR count).